The van der Waals surface area contributed by atoms with Crippen molar-refractivity contribution < 1.29 is 18.6 Å². The number of rotatable bonds is 2. The predicted octanol–water partition coefficient (Wildman–Crippen LogP) is 2.63. The summed E-state index contributed by atoms with van der Waals surface area (Å²) >= 11 is 0. The van der Waals surface area contributed by atoms with Gasteiger partial charge in [-0.3, -0.25) is 0 Å². The van der Waals surface area contributed by atoms with Crippen molar-refractivity contribution in [1.29, 1.82) is 0 Å². The molecule has 0 saturated carbocycles. The maximum atomic E-state index is 12.6. The summed E-state index contributed by atoms with van der Waals surface area (Å²) in [6, 6.07) is 4.24. The van der Waals surface area contributed by atoms with Crippen LogP contribution in [0.2, 0.25) is 0 Å². The first kappa shape index (κ1) is 13.7. The summed E-state index contributed by atoms with van der Waals surface area (Å²) in [7, 11) is -3.58. The second-order valence-electron chi connectivity index (χ2n) is 4.93. The molecule has 0 radical (unpaired) electrons. The number of phenolic OH excluding ortho intramolecular Hbond substituents is 1. The summed E-state index contributed by atoms with van der Waals surface area (Å²) < 4.78 is 24.2. The lowest BCUT2D eigenvalue weighted by Crippen LogP contribution is -2.34. The molecule has 1 aromatic rings. The van der Waals surface area contributed by atoms with Gasteiger partial charge in [-0.25, -0.2) is 8.42 Å². The fourth-order valence-corrected chi connectivity index (χ4v) is 3.64. The number of aliphatic hydroxyl groups is 1. The van der Waals surface area contributed by atoms with E-state index in [2.05, 4.69) is 0 Å². The van der Waals surface area contributed by atoms with Crippen LogP contribution >= 0.6 is 0 Å². The molecular weight excluding hydrogens is 264 g/mol. The highest BCUT2D eigenvalue weighted by molar-refractivity contribution is 7.93. The number of hydrogen-bond donors (Lipinski definition) is 2. The van der Waals surface area contributed by atoms with Gasteiger partial charge in [0.2, 0.25) is 0 Å². The van der Waals surface area contributed by atoms with Crippen molar-refractivity contribution >= 4 is 9.84 Å². The Labute approximate surface area is 112 Å². The number of sulfone groups is 1. The first-order valence-corrected chi connectivity index (χ1v) is 7.37. The number of allylic oxidation sites excluding steroid dienone is 2. The number of aryl methyl sites for hydroxylation is 1. The summed E-state index contributed by atoms with van der Waals surface area (Å²) in [5, 5.41) is 18.8. The Hall–Kier alpha value is -1.75. The third-order valence-corrected chi connectivity index (χ3v) is 5.82. The molecule has 2 rings (SSSR count). The Bertz CT molecular complexity index is 671. The van der Waals surface area contributed by atoms with Gasteiger partial charge in [-0.15, -0.1) is 0 Å². The molecule has 0 fully saturated rings. The van der Waals surface area contributed by atoms with Crippen LogP contribution in [0.15, 0.2) is 47.1 Å². The van der Waals surface area contributed by atoms with E-state index in [1.165, 1.54) is 36.4 Å². The Balaban J connectivity index is 2.49. The Morgan fingerprint density at radius 3 is 2.47 bits per heavy atom. The lowest BCUT2D eigenvalue weighted by molar-refractivity contribution is 0.423. The molecule has 4 nitrogen and oxygen atoms in total. The monoisotopic (exact) mass is 280 g/mol. The highest BCUT2D eigenvalue weighted by Crippen LogP contribution is 2.34. The summed E-state index contributed by atoms with van der Waals surface area (Å²) in [4.78, 5) is 0.171. The maximum absolute atomic E-state index is 12.6. The van der Waals surface area contributed by atoms with Crippen LogP contribution in [0.1, 0.15) is 18.9 Å². The SMILES string of the molecule is Cc1cc(S(=O)(=O)C2(C)C=CC(O)=CC2)ccc1O. The van der Waals surface area contributed by atoms with Crippen molar-refractivity contribution in [3.8, 4) is 5.75 Å². The zero-order valence-electron chi connectivity index (χ0n) is 10.8. The smallest absolute Gasteiger partial charge is 0.187 e. The number of benzene rings is 1. The topological polar surface area (TPSA) is 74.6 Å². The molecule has 0 heterocycles. The first-order valence-electron chi connectivity index (χ1n) is 5.89. The molecule has 1 unspecified atom stereocenters. The van der Waals surface area contributed by atoms with Crippen LogP contribution in [0.4, 0.5) is 0 Å². The van der Waals surface area contributed by atoms with Crippen LogP contribution in [-0.4, -0.2) is 23.4 Å². The minimum Gasteiger partial charge on any atom is -0.508 e. The van der Waals surface area contributed by atoms with Gasteiger partial charge in [-0.05, 0) is 56.2 Å². The molecule has 0 amide bonds. The number of aliphatic hydroxyl groups excluding tert-OH is 1. The maximum Gasteiger partial charge on any atom is 0.187 e. The molecule has 19 heavy (non-hydrogen) atoms. The number of aromatic hydroxyl groups is 1. The quantitative estimate of drug-likeness (QED) is 0.873. The largest absolute Gasteiger partial charge is 0.508 e. The van der Waals surface area contributed by atoms with Crippen LogP contribution in [-0.2, 0) is 9.84 Å². The molecule has 0 bridgehead atoms. The minimum absolute atomic E-state index is 0.0702. The van der Waals surface area contributed by atoms with Gasteiger partial charge >= 0.3 is 0 Å². The molecule has 0 aliphatic heterocycles. The van der Waals surface area contributed by atoms with Gasteiger partial charge in [0, 0.05) is 0 Å². The molecule has 2 N–H and O–H groups in total. The standard InChI is InChI=1S/C14H16O4S/c1-10-9-12(3-4-13(10)16)19(17,18)14(2)7-5-11(15)6-8-14/h3-7,9,15-16H,8H2,1-2H3. The zero-order chi connectivity index (χ0) is 14.3. The van der Waals surface area contributed by atoms with Crippen molar-refractivity contribution in [2.75, 3.05) is 0 Å². The van der Waals surface area contributed by atoms with E-state index in [0.29, 0.717) is 5.56 Å². The van der Waals surface area contributed by atoms with Crippen LogP contribution in [0, 0.1) is 6.92 Å². The molecule has 0 aromatic heterocycles. The van der Waals surface area contributed by atoms with E-state index >= 15 is 0 Å². The number of phenols is 1. The molecular formula is C14H16O4S. The van der Waals surface area contributed by atoms with Gasteiger partial charge in [0.25, 0.3) is 0 Å². The average Bonchev–Trinajstić information content (AvgIpc) is 2.36. The lowest BCUT2D eigenvalue weighted by atomic mass is 10.0. The zero-order valence-corrected chi connectivity index (χ0v) is 11.6. The Morgan fingerprint density at radius 2 is 1.95 bits per heavy atom. The van der Waals surface area contributed by atoms with E-state index in [-0.39, 0.29) is 22.8 Å². The fourth-order valence-electron chi connectivity index (χ4n) is 1.97. The van der Waals surface area contributed by atoms with E-state index < -0.39 is 14.6 Å². The normalized spacial score (nSPS) is 23.2. The van der Waals surface area contributed by atoms with Crippen molar-refractivity contribution in [3.05, 3.63) is 47.7 Å². The Morgan fingerprint density at radius 1 is 1.26 bits per heavy atom. The molecule has 0 saturated heterocycles. The highest BCUT2D eigenvalue weighted by atomic mass is 32.2. The van der Waals surface area contributed by atoms with Gasteiger partial charge in [0.15, 0.2) is 9.84 Å². The van der Waals surface area contributed by atoms with E-state index in [4.69, 9.17) is 0 Å². The second kappa shape index (κ2) is 4.42. The van der Waals surface area contributed by atoms with E-state index in [0.717, 1.165) is 0 Å². The number of hydrogen-bond acceptors (Lipinski definition) is 4. The third kappa shape index (κ3) is 2.26. The van der Waals surface area contributed by atoms with Crippen molar-refractivity contribution in [1.82, 2.24) is 0 Å². The van der Waals surface area contributed by atoms with E-state index in [1.54, 1.807) is 13.8 Å². The van der Waals surface area contributed by atoms with Crippen LogP contribution in [0.3, 0.4) is 0 Å². The summed E-state index contributed by atoms with van der Waals surface area (Å²) in [6.45, 7) is 3.27. The van der Waals surface area contributed by atoms with Gasteiger partial charge in [0.1, 0.15) is 11.5 Å². The molecule has 102 valence electrons. The van der Waals surface area contributed by atoms with Gasteiger partial charge in [-0.1, -0.05) is 6.08 Å². The molecule has 5 heteroatoms. The molecule has 1 aliphatic carbocycles. The Kier molecular flexibility index (Phi) is 3.18. The van der Waals surface area contributed by atoms with Gasteiger partial charge in [0.05, 0.1) is 9.64 Å². The lowest BCUT2D eigenvalue weighted by Gasteiger charge is -2.27. The summed E-state index contributed by atoms with van der Waals surface area (Å²) in [5.41, 5.74) is 0.517. The second-order valence-corrected chi connectivity index (χ2v) is 7.34. The molecule has 1 aliphatic rings. The van der Waals surface area contributed by atoms with Crippen LogP contribution in [0.25, 0.3) is 0 Å². The van der Waals surface area contributed by atoms with E-state index in [1.807, 2.05) is 0 Å². The highest BCUT2D eigenvalue weighted by Gasteiger charge is 2.38. The fraction of sp³-hybridized carbons (Fsp3) is 0.286. The van der Waals surface area contributed by atoms with Gasteiger partial charge < -0.3 is 10.2 Å². The molecule has 1 atom stereocenters. The summed E-state index contributed by atoms with van der Waals surface area (Å²) in [6.07, 6.45) is 4.61. The van der Waals surface area contributed by atoms with Crippen molar-refractivity contribution in [2.45, 2.75) is 29.9 Å². The van der Waals surface area contributed by atoms with Crippen molar-refractivity contribution in [2.24, 2.45) is 0 Å². The predicted molar refractivity (Wildman–Crippen MR) is 72.9 cm³/mol. The third-order valence-electron chi connectivity index (χ3n) is 3.42. The minimum atomic E-state index is -3.58. The average molecular weight is 280 g/mol. The van der Waals surface area contributed by atoms with Crippen LogP contribution in [0.5, 0.6) is 5.75 Å². The van der Waals surface area contributed by atoms with Crippen molar-refractivity contribution in [3.63, 3.8) is 0 Å². The first-order chi connectivity index (χ1) is 8.76. The van der Waals surface area contributed by atoms with Gasteiger partial charge in [-0.2, -0.15) is 0 Å². The van der Waals surface area contributed by atoms with Crippen LogP contribution < -0.4 is 0 Å². The molecule has 1 aromatic carbocycles. The summed E-state index contributed by atoms with van der Waals surface area (Å²) in [5.74, 6) is 0.149. The van der Waals surface area contributed by atoms with E-state index in [9.17, 15) is 18.6 Å². The molecule has 0 spiro atoms.